The summed E-state index contributed by atoms with van der Waals surface area (Å²) in [5, 5.41) is 8.95. The van der Waals surface area contributed by atoms with Gasteiger partial charge in [-0.05, 0) is 35.7 Å². The van der Waals surface area contributed by atoms with E-state index in [0.717, 1.165) is 23.4 Å². The molecular weight excluding hydrogens is 428 g/mol. The molecule has 3 aromatic rings. The molecule has 1 aliphatic heterocycles. The van der Waals surface area contributed by atoms with Crippen LogP contribution in [-0.2, 0) is 24.4 Å². The maximum Gasteiger partial charge on any atom is 0.303 e. The zero-order valence-corrected chi connectivity index (χ0v) is 18.3. The minimum atomic E-state index is -0.790. The molecule has 1 atom stereocenters. The fraction of sp³-hybridized carbons (Fsp3) is 0.320. The van der Waals surface area contributed by atoms with Crippen molar-refractivity contribution in [3.63, 3.8) is 0 Å². The number of rotatable bonds is 8. The van der Waals surface area contributed by atoms with Crippen LogP contribution in [0, 0.1) is 17.6 Å². The third-order valence-electron chi connectivity index (χ3n) is 5.61. The van der Waals surface area contributed by atoms with Crippen LogP contribution in [0.25, 0.3) is 11.4 Å². The van der Waals surface area contributed by atoms with E-state index in [1.54, 1.807) is 30.5 Å². The normalized spacial score (nSPS) is 14.5. The van der Waals surface area contributed by atoms with Gasteiger partial charge in [0.1, 0.15) is 24.0 Å². The Morgan fingerprint density at radius 2 is 2.00 bits per heavy atom. The van der Waals surface area contributed by atoms with Crippen LogP contribution in [0.4, 0.5) is 8.78 Å². The van der Waals surface area contributed by atoms with E-state index in [1.165, 1.54) is 18.2 Å². The molecule has 0 spiro atoms. The number of halogens is 2. The van der Waals surface area contributed by atoms with Crippen molar-refractivity contribution in [2.24, 2.45) is 5.92 Å². The van der Waals surface area contributed by atoms with Crippen molar-refractivity contribution in [2.45, 2.75) is 32.9 Å². The van der Waals surface area contributed by atoms with Crippen molar-refractivity contribution in [1.29, 1.82) is 0 Å². The summed E-state index contributed by atoms with van der Waals surface area (Å²) < 4.78 is 33.4. The Kier molecular flexibility index (Phi) is 6.93. The second kappa shape index (κ2) is 10.0. The van der Waals surface area contributed by atoms with Crippen molar-refractivity contribution < 1.29 is 23.4 Å². The molecule has 1 aliphatic rings. The highest BCUT2D eigenvalue weighted by molar-refractivity contribution is 5.67. The second-order valence-electron chi connectivity index (χ2n) is 8.41. The first-order chi connectivity index (χ1) is 15.9. The maximum atomic E-state index is 14.8. The van der Waals surface area contributed by atoms with E-state index in [-0.39, 0.29) is 24.8 Å². The third kappa shape index (κ3) is 5.90. The predicted octanol–water partition coefficient (Wildman–Crippen LogP) is 4.47. The molecule has 1 N–H and O–H groups in total. The van der Waals surface area contributed by atoms with Gasteiger partial charge in [-0.1, -0.05) is 19.1 Å². The van der Waals surface area contributed by atoms with Gasteiger partial charge in [0.05, 0.1) is 11.3 Å². The molecule has 0 radical (unpaired) electrons. The number of hydrogen-bond donors (Lipinski definition) is 1. The van der Waals surface area contributed by atoms with Gasteiger partial charge in [0.2, 0.25) is 0 Å². The molecule has 33 heavy (non-hydrogen) atoms. The molecule has 8 heteroatoms. The van der Waals surface area contributed by atoms with Gasteiger partial charge in [-0.25, -0.2) is 18.7 Å². The van der Waals surface area contributed by atoms with Crippen LogP contribution >= 0.6 is 0 Å². The molecule has 1 aromatic heterocycles. The van der Waals surface area contributed by atoms with Gasteiger partial charge in [0.15, 0.2) is 5.82 Å². The predicted molar refractivity (Wildman–Crippen MR) is 119 cm³/mol. The molecule has 1 unspecified atom stereocenters. The summed E-state index contributed by atoms with van der Waals surface area (Å²) in [7, 11) is 0. The number of carbonyl (C=O) groups is 1. The van der Waals surface area contributed by atoms with E-state index in [0.29, 0.717) is 36.6 Å². The lowest BCUT2D eigenvalue weighted by Gasteiger charge is -2.29. The van der Waals surface area contributed by atoms with Crippen molar-refractivity contribution in [2.75, 3.05) is 13.1 Å². The van der Waals surface area contributed by atoms with Gasteiger partial charge in [0, 0.05) is 50.3 Å². The first kappa shape index (κ1) is 22.8. The highest BCUT2D eigenvalue weighted by atomic mass is 19.1. The fourth-order valence-corrected chi connectivity index (χ4v) is 3.98. The lowest BCUT2D eigenvalue weighted by atomic mass is 10.0. The Morgan fingerprint density at radius 3 is 2.73 bits per heavy atom. The molecule has 0 fully saturated rings. The summed E-state index contributed by atoms with van der Waals surface area (Å²) in [4.78, 5) is 22.1. The molecule has 0 amide bonds. The molecular formula is C25H25F2N3O3. The van der Waals surface area contributed by atoms with Crippen LogP contribution in [0.3, 0.4) is 0 Å². The zero-order valence-electron chi connectivity index (χ0n) is 18.3. The van der Waals surface area contributed by atoms with E-state index in [1.807, 2.05) is 6.92 Å². The van der Waals surface area contributed by atoms with Gasteiger partial charge >= 0.3 is 5.97 Å². The van der Waals surface area contributed by atoms with E-state index < -0.39 is 11.8 Å². The van der Waals surface area contributed by atoms with Gasteiger partial charge < -0.3 is 9.84 Å². The van der Waals surface area contributed by atoms with Crippen LogP contribution in [0.15, 0.2) is 48.7 Å². The SMILES string of the molecule is CC(CC(=O)O)CN1CCc2nc(-c3ccc(OCc4ccc(F)cc4)cc3F)ncc2C1. The van der Waals surface area contributed by atoms with E-state index in [4.69, 9.17) is 9.84 Å². The Balaban J connectivity index is 1.41. The number of fused-ring (bicyclic) bond motifs is 1. The second-order valence-corrected chi connectivity index (χ2v) is 8.41. The maximum absolute atomic E-state index is 14.8. The highest BCUT2D eigenvalue weighted by Gasteiger charge is 2.21. The number of carboxylic acid groups (broad SMARTS) is 1. The Labute approximate surface area is 190 Å². The Hall–Kier alpha value is -3.39. The van der Waals surface area contributed by atoms with E-state index in [2.05, 4.69) is 14.9 Å². The van der Waals surface area contributed by atoms with Crippen molar-refractivity contribution >= 4 is 5.97 Å². The van der Waals surface area contributed by atoms with Crippen LogP contribution in [0.5, 0.6) is 5.75 Å². The lowest BCUT2D eigenvalue weighted by Crippen LogP contribution is -2.35. The fourth-order valence-electron chi connectivity index (χ4n) is 3.98. The molecule has 6 nitrogen and oxygen atoms in total. The molecule has 0 saturated carbocycles. The Bertz CT molecular complexity index is 1140. The number of nitrogens with zero attached hydrogens (tertiary/aromatic N) is 3. The topological polar surface area (TPSA) is 75.5 Å². The average molecular weight is 453 g/mol. The van der Waals surface area contributed by atoms with Crippen LogP contribution in [-0.4, -0.2) is 39.0 Å². The number of aliphatic carboxylic acids is 1. The molecule has 172 valence electrons. The van der Waals surface area contributed by atoms with Crippen LogP contribution in [0.2, 0.25) is 0 Å². The lowest BCUT2D eigenvalue weighted by molar-refractivity contribution is -0.138. The van der Waals surface area contributed by atoms with E-state index in [9.17, 15) is 13.6 Å². The van der Waals surface area contributed by atoms with Gasteiger partial charge in [-0.15, -0.1) is 0 Å². The number of hydrogen-bond acceptors (Lipinski definition) is 5. The first-order valence-corrected chi connectivity index (χ1v) is 10.8. The largest absolute Gasteiger partial charge is 0.489 e. The van der Waals surface area contributed by atoms with Gasteiger partial charge in [0.25, 0.3) is 0 Å². The first-order valence-electron chi connectivity index (χ1n) is 10.8. The third-order valence-corrected chi connectivity index (χ3v) is 5.61. The van der Waals surface area contributed by atoms with Gasteiger partial charge in [-0.3, -0.25) is 9.69 Å². The summed E-state index contributed by atoms with van der Waals surface area (Å²) in [6.07, 6.45) is 2.57. The summed E-state index contributed by atoms with van der Waals surface area (Å²) >= 11 is 0. The molecule has 4 rings (SSSR count). The average Bonchev–Trinajstić information content (AvgIpc) is 2.78. The quantitative estimate of drug-likeness (QED) is 0.543. The molecule has 2 aromatic carbocycles. The number of carboxylic acids is 1. The summed E-state index contributed by atoms with van der Waals surface area (Å²) in [5.74, 6) is -0.844. The zero-order chi connectivity index (χ0) is 23.4. The number of aromatic nitrogens is 2. The van der Waals surface area contributed by atoms with Gasteiger partial charge in [-0.2, -0.15) is 0 Å². The smallest absolute Gasteiger partial charge is 0.303 e. The van der Waals surface area contributed by atoms with Crippen molar-refractivity contribution in [3.8, 4) is 17.1 Å². The molecule has 2 heterocycles. The highest BCUT2D eigenvalue weighted by Crippen LogP contribution is 2.26. The minimum Gasteiger partial charge on any atom is -0.489 e. The van der Waals surface area contributed by atoms with Crippen molar-refractivity contribution in [1.82, 2.24) is 14.9 Å². The van der Waals surface area contributed by atoms with Crippen LogP contribution < -0.4 is 4.74 Å². The summed E-state index contributed by atoms with van der Waals surface area (Å²) in [5.41, 5.74) is 2.94. The molecule has 0 bridgehead atoms. The summed E-state index contributed by atoms with van der Waals surface area (Å²) in [6, 6.07) is 10.5. The minimum absolute atomic E-state index is 0.0575. The van der Waals surface area contributed by atoms with Crippen LogP contribution in [0.1, 0.15) is 30.2 Å². The number of benzene rings is 2. The molecule has 0 aliphatic carbocycles. The Morgan fingerprint density at radius 1 is 1.21 bits per heavy atom. The molecule has 0 saturated heterocycles. The van der Waals surface area contributed by atoms with Crippen molar-refractivity contribution in [3.05, 3.63) is 77.1 Å². The monoisotopic (exact) mass is 453 g/mol. The summed E-state index contributed by atoms with van der Waals surface area (Å²) in [6.45, 7) is 4.25. The standard InChI is InChI=1S/C25H25F2N3O3/c1-16(10-24(31)32)13-30-9-8-23-18(14-30)12-28-25(29-23)21-7-6-20(11-22(21)27)33-15-17-2-4-19(26)5-3-17/h2-7,11-12,16H,8-10,13-15H2,1H3,(H,31,32). The van der Waals surface area contributed by atoms with E-state index >= 15 is 0 Å². The number of ether oxygens (including phenoxy) is 1.